The first-order valence-corrected chi connectivity index (χ1v) is 9.85. The van der Waals surface area contributed by atoms with Crippen LogP contribution in [0.15, 0.2) is 0 Å². The lowest BCUT2D eigenvalue weighted by Gasteiger charge is -2.24. The molecule has 0 aromatic heterocycles. The Kier molecular flexibility index (Phi) is 9.57. The van der Waals surface area contributed by atoms with Gasteiger partial charge in [0.15, 0.2) is 5.78 Å². The van der Waals surface area contributed by atoms with Crippen molar-refractivity contribution in [2.24, 2.45) is 11.3 Å². The lowest BCUT2D eigenvalue weighted by atomic mass is 9.84. The molecule has 4 nitrogen and oxygen atoms in total. The molecule has 0 aliphatic heterocycles. The molecule has 1 aliphatic carbocycles. The monoisotopic (exact) mass is 338 g/mol. The number of carbonyl (C=O) groups excluding carboxylic acids is 2. The van der Waals surface area contributed by atoms with Gasteiger partial charge in [-0.1, -0.05) is 52.9 Å². The van der Waals surface area contributed by atoms with Crippen molar-refractivity contribution in [2.45, 2.75) is 91.0 Å². The Bertz CT molecular complexity index is 380. The van der Waals surface area contributed by atoms with Gasteiger partial charge in [-0.05, 0) is 39.2 Å². The fourth-order valence-electron chi connectivity index (χ4n) is 3.39. The molecule has 0 spiro atoms. The second kappa shape index (κ2) is 10.9. The average molecular weight is 339 g/mol. The Hall–Kier alpha value is -0.900. The molecular formula is C20H38N2O2. The summed E-state index contributed by atoms with van der Waals surface area (Å²) in [5.74, 6) is 0.764. The van der Waals surface area contributed by atoms with Crippen molar-refractivity contribution in [1.29, 1.82) is 0 Å². The molecule has 0 heterocycles. The third kappa shape index (κ3) is 7.78. The minimum Gasteiger partial charge on any atom is -0.356 e. The molecule has 4 heteroatoms. The number of likely N-dealkylation sites (N-methyl/N-ethyl adjacent to an activating group) is 1. The number of rotatable bonds is 8. The summed E-state index contributed by atoms with van der Waals surface area (Å²) in [5, 5.41) is 6.20. The molecule has 1 atom stereocenters. The van der Waals surface area contributed by atoms with Crippen LogP contribution >= 0.6 is 0 Å². The van der Waals surface area contributed by atoms with Crippen molar-refractivity contribution in [1.82, 2.24) is 10.6 Å². The fourth-order valence-corrected chi connectivity index (χ4v) is 3.39. The molecule has 24 heavy (non-hydrogen) atoms. The summed E-state index contributed by atoms with van der Waals surface area (Å²) in [5.41, 5.74) is -0.332. The van der Waals surface area contributed by atoms with E-state index in [-0.39, 0.29) is 23.3 Å². The molecule has 0 aromatic carbocycles. The summed E-state index contributed by atoms with van der Waals surface area (Å²) in [4.78, 5) is 24.6. The fraction of sp³-hybridized carbons (Fsp3) is 0.900. The smallest absolute Gasteiger partial charge is 0.225 e. The zero-order valence-corrected chi connectivity index (χ0v) is 16.2. The Balaban J connectivity index is 2.30. The average Bonchev–Trinajstić information content (AvgIpc) is 2.48. The van der Waals surface area contributed by atoms with Gasteiger partial charge in [-0.25, -0.2) is 0 Å². The minimum absolute atomic E-state index is 0.0206. The molecule has 0 radical (unpaired) electrons. The van der Waals surface area contributed by atoms with Crippen molar-refractivity contribution in [3.8, 4) is 0 Å². The van der Waals surface area contributed by atoms with E-state index in [9.17, 15) is 9.59 Å². The topological polar surface area (TPSA) is 58.2 Å². The third-order valence-corrected chi connectivity index (χ3v) is 5.09. The van der Waals surface area contributed by atoms with Crippen molar-refractivity contribution < 1.29 is 9.59 Å². The van der Waals surface area contributed by atoms with Crippen molar-refractivity contribution in [3.05, 3.63) is 0 Å². The SMILES string of the molecule is CNC(CCCCNC(=O)C(C)(C)C)C(=O)C1CCCCCCC1. The van der Waals surface area contributed by atoms with E-state index < -0.39 is 0 Å². The number of unbranched alkanes of at least 4 members (excludes halogenated alkanes) is 1. The summed E-state index contributed by atoms with van der Waals surface area (Å²) < 4.78 is 0. The zero-order valence-electron chi connectivity index (χ0n) is 16.2. The third-order valence-electron chi connectivity index (χ3n) is 5.09. The van der Waals surface area contributed by atoms with Gasteiger partial charge in [0.2, 0.25) is 5.91 Å². The summed E-state index contributed by atoms with van der Waals surface area (Å²) in [6.07, 6.45) is 11.2. The van der Waals surface area contributed by atoms with Crippen molar-refractivity contribution in [2.75, 3.05) is 13.6 Å². The van der Waals surface area contributed by atoms with Gasteiger partial charge in [0, 0.05) is 17.9 Å². The van der Waals surface area contributed by atoms with E-state index in [0.29, 0.717) is 12.3 Å². The van der Waals surface area contributed by atoms with Gasteiger partial charge < -0.3 is 10.6 Å². The largest absolute Gasteiger partial charge is 0.356 e. The van der Waals surface area contributed by atoms with Crippen molar-refractivity contribution >= 4 is 11.7 Å². The lowest BCUT2D eigenvalue weighted by molar-refractivity contribution is -0.128. The summed E-state index contributed by atoms with van der Waals surface area (Å²) in [7, 11) is 1.90. The van der Waals surface area contributed by atoms with Crippen LogP contribution in [0.1, 0.15) is 85.0 Å². The van der Waals surface area contributed by atoms with E-state index in [1.165, 1.54) is 32.1 Å². The van der Waals surface area contributed by atoms with Gasteiger partial charge in [0.1, 0.15) is 0 Å². The van der Waals surface area contributed by atoms with E-state index >= 15 is 0 Å². The molecular weight excluding hydrogens is 300 g/mol. The lowest BCUT2D eigenvalue weighted by Crippen LogP contribution is -2.39. The summed E-state index contributed by atoms with van der Waals surface area (Å²) >= 11 is 0. The van der Waals surface area contributed by atoms with E-state index in [2.05, 4.69) is 10.6 Å². The summed E-state index contributed by atoms with van der Waals surface area (Å²) in [6.45, 7) is 6.47. The number of hydrogen-bond acceptors (Lipinski definition) is 3. The molecule has 1 saturated carbocycles. The number of ketones is 1. The molecule has 0 aromatic rings. The molecule has 1 aliphatic rings. The molecule has 0 bridgehead atoms. The number of carbonyl (C=O) groups is 2. The van der Waals surface area contributed by atoms with Gasteiger partial charge >= 0.3 is 0 Å². The molecule has 2 N–H and O–H groups in total. The first-order valence-electron chi connectivity index (χ1n) is 9.85. The maximum atomic E-state index is 12.8. The summed E-state index contributed by atoms with van der Waals surface area (Å²) in [6, 6.07) is -0.0206. The van der Waals surface area contributed by atoms with Gasteiger partial charge in [-0.2, -0.15) is 0 Å². The number of nitrogens with one attached hydrogen (secondary N) is 2. The predicted molar refractivity (Wildman–Crippen MR) is 100.0 cm³/mol. The highest BCUT2D eigenvalue weighted by molar-refractivity contribution is 5.86. The molecule has 1 fully saturated rings. The van der Waals surface area contributed by atoms with Crippen LogP contribution in [-0.2, 0) is 9.59 Å². The number of amides is 1. The normalized spacial score (nSPS) is 18.5. The Morgan fingerprint density at radius 1 is 1.00 bits per heavy atom. The molecule has 1 unspecified atom stereocenters. The van der Waals surface area contributed by atoms with Crippen LogP contribution in [0.3, 0.4) is 0 Å². The van der Waals surface area contributed by atoms with Gasteiger partial charge in [-0.15, -0.1) is 0 Å². The highest BCUT2D eigenvalue weighted by Gasteiger charge is 2.25. The van der Waals surface area contributed by atoms with Crippen LogP contribution in [0, 0.1) is 11.3 Å². The van der Waals surface area contributed by atoms with Crippen LogP contribution in [-0.4, -0.2) is 31.3 Å². The van der Waals surface area contributed by atoms with Crippen molar-refractivity contribution in [3.63, 3.8) is 0 Å². The highest BCUT2D eigenvalue weighted by Crippen LogP contribution is 2.24. The van der Waals surface area contributed by atoms with Crippen LogP contribution in [0.5, 0.6) is 0 Å². The molecule has 0 saturated heterocycles. The molecule has 1 amide bonds. The van der Waals surface area contributed by atoms with E-state index in [4.69, 9.17) is 0 Å². The van der Waals surface area contributed by atoms with Crippen LogP contribution in [0.2, 0.25) is 0 Å². The standard InChI is InChI=1S/C20H38N2O2/c1-20(2,3)19(24)22-15-11-10-14-17(21-4)18(23)16-12-8-6-5-7-9-13-16/h16-17,21H,5-15H2,1-4H3,(H,22,24). The van der Waals surface area contributed by atoms with E-state index in [1.807, 2.05) is 27.8 Å². The van der Waals surface area contributed by atoms with Crippen LogP contribution in [0.25, 0.3) is 0 Å². The quantitative estimate of drug-likeness (QED) is 0.661. The second-order valence-corrected chi connectivity index (χ2v) is 8.29. The Labute approximate surface area is 148 Å². The molecule has 140 valence electrons. The Morgan fingerprint density at radius 3 is 2.12 bits per heavy atom. The van der Waals surface area contributed by atoms with Gasteiger partial charge in [0.25, 0.3) is 0 Å². The van der Waals surface area contributed by atoms with Gasteiger partial charge in [-0.3, -0.25) is 9.59 Å². The number of hydrogen-bond donors (Lipinski definition) is 2. The maximum Gasteiger partial charge on any atom is 0.225 e. The van der Waals surface area contributed by atoms with E-state index in [0.717, 1.165) is 32.1 Å². The van der Waals surface area contributed by atoms with Crippen LogP contribution in [0.4, 0.5) is 0 Å². The zero-order chi connectivity index (χ0) is 18.0. The minimum atomic E-state index is -0.332. The first kappa shape index (κ1) is 21.1. The van der Waals surface area contributed by atoms with Gasteiger partial charge in [0.05, 0.1) is 6.04 Å². The van der Waals surface area contributed by atoms with Crippen LogP contribution < -0.4 is 10.6 Å². The maximum absolute atomic E-state index is 12.8. The number of Topliss-reactive ketones (excluding diaryl/α,β-unsaturated/α-hetero) is 1. The Morgan fingerprint density at radius 2 is 1.58 bits per heavy atom. The predicted octanol–water partition coefficient (Wildman–Crippen LogP) is 3.84. The first-order chi connectivity index (χ1) is 11.4. The molecule has 1 rings (SSSR count). The highest BCUT2D eigenvalue weighted by atomic mass is 16.2. The second-order valence-electron chi connectivity index (χ2n) is 8.29. The van der Waals surface area contributed by atoms with E-state index in [1.54, 1.807) is 0 Å².